The maximum Gasteiger partial charge on any atom is 0.167 e. The molecular weight excluding hydrogens is 348 g/mol. The smallest absolute Gasteiger partial charge is 0.167 e. The highest BCUT2D eigenvalue weighted by Crippen LogP contribution is 2.38. The first-order valence-corrected chi connectivity index (χ1v) is 9.73. The standard InChI is InChI=1S/C24H20B2F2/c25-19-9-5-16(6-10-19)15-1-3-17(4-2-15)21-13-14-22(24(28)23(21)27)18-7-11-20(26)12-8-18/h1-4,7-8,11-14,16,19H,5-6,9-10H2. The van der Waals surface area contributed by atoms with E-state index in [1.54, 1.807) is 36.4 Å². The van der Waals surface area contributed by atoms with Crippen LogP contribution < -0.4 is 5.46 Å². The van der Waals surface area contributed by atoms with Crippen LogP contribution in [0.2, 0.25) is 5.82 Å². The molecule has 28 heavy (non-hydrogen) atoms. The van der Waals surface area contributed by atoms with E-state index in [0.29, 0.717) is 28.3 Å². The van der Waals surface area contributed by atoms with E-state index in [1.165, 1.54) is 5.56 Å². The number of rotatable bonds is 3. The van der Waals surface area contributed by atoms with Gasteiger partial charge < -0.3 is 0 Å². The SMILES string of the molecule is [B]c1ccc(-c2ccc(-c3ccc(C4CCC([B])CC4)cc3)c(F)c2F)cc1. The molecule has 3 aromatic carbocycles. The molecule has 1 fully saturated rings. The van der Waals surface area contributed by atoms with Gasteiger partial charge in [-0.3, -0.25) is 0 Å². The first-order chi connectivity index (χ1) is 13.5. The predicted molar refractivity (Wildman–Crippen MR) is 113 cm³/mol. The number of benzene rings is 3. The molecule has 4 radical (unpaired) electrons. The summed E-state index contributed by atoms with van der Waals surface area (Å²) < 4.78 is 29.5. The Kier molecular flexibility index (Phi) is 5.39. The molecular formula is C24H20B2F2. The molecule has 4 heteroatoms. The van der Waals surface area contributed by atoms with Gasteiger partial charge in [0.2, 0.25) is 0 Å². The summed E-state index contributed by atoms with van der Waals surface area (Å²) in [7, 11) is 11.7. The fraction of sp³-hybridized carbons (Fsp3) is 0.250. The minimum absolute atomic E-state index is 0.233. The van der Waals surface area contributed by atoms with Crippen LogP contribution in [-0.2, 0) is 0 Å². The summed E-state index contributed by atoms with van der Waals surface area (Å²) in [4.78, 5) is 0. The monoisotopic (exact) mass is 368 g/mol. The van der Waals surface area contributed by atoms with Crippen molar-refractivity contribution in [2.24, 2.45) is 0 Å². The van der Waals surface area contributed by atoms with Gasteiger partial charge in [0.15, 0.2) is 11.6 Å². The van der Waals surface area contributed by atoms with Gasteiger partial charge in [-0.05, 0) is 35.4 Å². The van der Waals surface area contributed by atoms with Crippen LogP contribution in [0.15, 0.2) is 60.7 Å². The summed E-state index contributed by atoms with van der Waals surface area (Å²) in [6.07, 6.45) is 4.25. The molecule has 1 saturated carbocycles. The molecule has 136 valence electrons. The van der Waals surface area contributed by atoms with E-state index in [4.69, 9.17) is 15.7 Å². The molecule has 0 amide bonds. The van der Waals surface area contributed by atoms with Gasteiger partial charge in [0.05, 0.1) is 7.85 Å². The Morgan fingerprint density at radius 2 is 1.11 bits per heavy atom. The van der Waals surface area contributed by atoms with Crippen molar-refractivity contribution < 1.29 is 8.78 Å². The summed E-state index contributed by atoms with van der Waals surface area (Å²) >= 11 is 0. The maximum atomic E-state index is 14.8. The van der Waals surface area contributed by atoms with Crippen molar-refractivity contribution in [3.8, 4) is 22.3 Å². The lowest BCUT2D eigenvalue weighted by molar-refractivity contribution is 0.444. The topological polar surface area (TPSA) is 0 Å². The summed E-state index contributed by atoms with van der Waals surface area (Å²) in [6.45, 7) is 0. The maximum absolute atomic E-state index is 14.8. The Hall–Kier alpha value is -2.35. The van der Waals surface area contributed by atoms with Gasteiger partial charge in [0.1, 0.15) is 7.85 Å². The molecule has 3 aromatic rings. The Labute approximate surface area is 167 Å². The molecule has 0 unspecified atom stereocenters. The molecule has 0 aromatic heterocycles. The third-order valence-electron chi connectivity index (χ3n) is 5.77. The summed E-state index contributed by atoms with van der Waals surface area (Å²) in [5.41, 5.74) is 3.61. The average molecular weight is 368 g/mol. The quantitative estimate of drug-likeness (QED) is 0.520. The van der Waals surface area contributed by atoms with Crippen molar-refractivity contribution in [1.29, 1.82) is 0 Å². The summed E-state index contributed by atoms with van der Waals surface area (Å²) in [6, 6.07) is 17.8. The van der Waals surface area contributed by atoms with Crippen LogP contribution in [0.1, 0.15) is 37.2 Å². The fourth-order valence-electron chi connectivity index (χ4n) is 4.05. The van der Waals surface area contributed by atoms with E-state index in [0.717, 1.165) is 25.7 Å². The highest BCUT2D eigenvalue weighted by Gasteiger charge is 2.20. The normalized spacial score (nSPS) is 19.5. The Balaban J connectivity index is 1.61. The van der Waals surface area contributed by atoms with Crippen LogP contribution in [0.5, 0.6) is 0 Å². The third kappa shape index (κ3) is 3.78. The van der Waals surface area contributed by atoms with E-state index >= 15 is 0 Å². The van der Waals surface area contributed by atoms with E-state index in [1.807, 2.05) is 24.3 Å². The minimum atomic E-state index is -0.840. The second kappa shape index (κ2) is 7.95. The van der Waals surface area contributed by atoms with Crippen molar-refractivity contribution in [2.45, 2.75) is 37.4 Å². The highest BCUT2D eigenvalue weighted by molar-refractivity contribution is 6.32. The summed E-state index contributed by atoms with van der Waals surface area (Å²) in [5, 5.41) is 0. The average Bonchev–Trinajstić information content (AvgIpc) is 2.72. The number of halogens is 2. The fourth-order valence-corrected chi connectivity index (χ4v) is 4.05. The zero-order valence-electron chi connectivity index (χ0n) is 15.7. The molecule has 0 atom stereocenters. The predicted octanol–water partition coefficient (Wildman–Crippen LogP) is 5.71. The third-order valence-corrected chi connectivity index (χ3v) is 5.77. The van der Waals surface area contributed by atoms with Crippen LogP contribution in [-0.4, -0.2) is 15.7 Å². The van der Waals surface area contributed by atoms with Crippen molar-refractivity contribution in [3.63, 3.8) is 0 Å². The first-order valence-electron chi connectivity index (χ1n) is 9.73. The Morgan fingerprint density at radius 1 is 0.643 bits per heavy atom. The van der Waals surface area contributed by atoms with Gasteiger partial charge in [-0.1, -0.05) is 84.8 Å². The van der Waals surface area contributed by atoms with Gasteiger partial charge in [0.25, 0.3) is 0 Å². The highest BCUT2D eigenvalue weighted by atomic mass is 19.2. The van der Waals surface area contributed by atoms with Gasteiger partial charge in [-0.15, -0.1) is 0 Å². The van der Waals surface area contributed by atoms with Gasteiger partial charge in [-0.2, -0.15) is 0 Å². The van der Waals surface area contributed by atoms with Crippen LogP contribution in [0.3, 0.4) is 0 Å². The van der Waals surface area contributed by atoms with Crippen LogP contribution in [0.4, 0.5) is 8.78 Å². The summed E-state index contributed by atoms with van der Waals surface area (Å²) in [5.74, 6) is -0.853. The Bertz CT molecular complexity index is 957. The lowest BCUT2D eigenvalue weighted by Crippen LogP contribution is -2.09. The lowest BCUT2D eigenvalue weighted by Gasteiger charge is -2.26. The molecule has 0 bridgehead atoms. The number of hydrogen-bond donors (Lipinski definition) is 0. The molecule has 1 aliphatic rings. The van der Waals surface area contributed by atoms with Gasteiger partial charge in [0, 0.05) is 11.1 Å². The zero-order valence-corrected chi connectivity index (χ0v) is 15.7. The van der Waals surface area contributed by atoms with Crippen LogP contribution in [0.25, 0.3) is 22.3 Å². The molecule has 0 aliphatic heterocycles. The lowest BCUT2D eigenvalue weighted by atomic mass is 9.70. The largest absolute Gasteiger partial charge is 0.203 e. The molecule has 0 saturated heterocycles. The first kappa shape index (κ1) is 19.0. The van der Waals surface area contributed by atoms with E-state index in [2.05, 4.69) is 0 Å². The van der Waals surface area contributed by atoms with E-state index < -0.39 is 11.6 Å². The Morgan fingerprint density at radius 3 is 1.61 bits per heavy atom. The minimum Gasteiger partial charge on any atom is -0.203 e. The van der Waals surface area contributed by atoms with E-state index in [-0.39, 0.29) is 11.1 Å². The van der Waals surface area contributed by atoms with Crippen molar-refractivity contribution >= 4 is 21.2 Å². The van der Waals surface area contributed by atoms with Crippen molar-refractivity contribution in [2.75, 3.05) is 0 Å². The van der Waals surface area contributed by atoms with Gasteiger partial charge >= 0.3 is 0 Å². The molecule has 0 heterocycles. The van der Waals surface area contributed by atoms with Crippen molar-refractivity contribution in [3.05, 3.63) is 77.9 Å². The van der Waals surface area contributed by atoms with Crippen molar-refractivity contribution in [1.82, 2.24) is 0 Å². The molecule has 4 rings (SSSR count). The van der Waals surface area contributed by atoms with Crippen LogP contribution >= 0.6 is 0 Å². The van der Waals surface area contributed by atoms with E-state index in [9.17, 15) is 8.78 Å². The second-order valence-electron chi connectivity index (χ2n) is 7.64. The molecule has 1 aliphatic carbocycles. The zero-order chi connectivity index (χ0) is 19.7. The molecule has 0 spiro atoms. The second-order valence-corrected chi connectivity index (χ2v) is 7.64. The van der Waals surface area contributed by atoms with Gasteiger partial charge in [-0.25, -0.2) is 8.78 Å². The molecule has 0 nitrogen and oxygen atoms in total. The van der Waals surface area contributed by atoms with Crippen LogP contribution in [0, 0.1) is 11.6 Å². The number of hydrogen-bond acceptors (Lipinski definition) is 0. The molecule has 0 N–H and O–H groups in total.